The Balaban J connectivity index is 2.32. The number of aromatic hydroxyl groups is 1. The van der Waals surface area contributed by atoms with Gasteiger partial charge in [0.2, 0.25) is 5.88 Å². The first kappa shape index (κ1) is 10.1. The molecule has 1 aromatic rings. The van der Waals surface area contributed by atoms with Gasteiger partial charge in [0.25, 0.3) is 5.56 Å². The van der Waals surface area contributed by atoms with Crippen LogP contribution in [0.1, 0.15) is 17.5 Å². The Kier molecular flexibility index (Phi) is 2.70. The highest BCUT2D eigenvalue weighted by Crippen LogP contribution is 2.18. The van der Waals surface area contributed by atoms with Crippen LogP contribution in [0.4, 0.5) is 0 Å². The Bertz CT molecular complexity index is 409. The second kappa shape index (κ2) is 4.00. The number of aromatic amines is 1. The molecule has 15 heavy (non-hydrogen) atoms. The standard InChI is InChI=1S/C9H12N2O4/c1-5-8(12)10-7(11-9(5)13)6-4-14-2-3-15-6/h6H,2-4H2,1H3,(H2,10,11,12,13). The minimum absolute atomic E-state index is 0.204. The highest BCUT2D eigenvalue weighted by Gasteiger charge is 2.20. The van der Waals surface area contributed by atoms with E-state index in [2.05, 4.69) is 9.97 Å². The lowest BCUT2D eigenvalue weighted by Crippen LogP contribution is -2.26. The fraction of sp³-hybridized carbons (Fsp3) is 0.556. The summed E-state index contributed by atoms with van der Waals surface area (Å²) in [5.41, 5.74) is -0.151. The third kappa shape index (κ3) is 2.00. The fourth-order valence-electron chi connectivity index (χ4n) is 1.34. The molecule has 0 radical (unpaired) electrons. The maximum atomic E-state index is 11.4. The van der Waals surface area contributed by atoms with E-state index in [0.717, 1.165) is 0 Å². The van der Waals surface area contributed by atoms with Crippen molar-refractivity contribution in [2.24, 2.45) is 0 Å². The van der Waals surface area contributed by atoms with Gasteiger partial charge >= 0.3 is 0 Å². The van der Waals surface area contributed by atoms with E-state index in [0.29, 0.717) is 25.6 Å². The molecule has 0 spiro atoms. The van der Waals surface area contributed by atoms with E-state index in [-0.39, 0.29) is 17.0 Å². The quantitative estimate of drug-likeness (QED) is 0.677. The zero-order chi connectivity index (χ0) is 10.8. The van der Waals surface area contributed by atoms with Crippen molar-refractivity contribution in [3.05, 3.63) is 21.7 Å². The molecule has 6 nitrogen and oxygen atoms in total. The molecule has 1 aliphatic rings. The van der Waals surface area contributed by atoms with Crippen LogP contribution in [0, 0.1) is 6.92 Å². The van der Waals surface area contributed by atoms with Gasteiger partial charge in [-0.1, -0.05) is 0 Å². The van der Waals surface area contributed by atoms with Crippen LogP contribution in [-0.4, -0.2) is 34.9 Å². The molecule has 0 saturated carbocycles. The molecule has 0 amide bonds. The van der Waals surface area contributed by atoms with E-state index in [9.17, 15) is 9.90 Å². The maximum absolute atomic E-state index is 11.4. The highest BCUT2D eigenvalue weighted by atomic mass is 16.6. The Morgan fingerprint density at radius 1 is 1.53 bits per heavy atom. The number of nitrogens with one attached hydrogen (secondary N) is 1. The molecule has 2 N–H and O–H groups in total. The maximum Gasteiger partial charge on any atom is 0.257 e. The second-order valence-electron chi connectivity index (χ2n) is 3.33. The highest BCUT2D eigenvalue weighted by molar-refractivity contribution is 5.20. The summed E-state index contributed by atoms with van der Waals surface area (Å²) in [6.07, 6.45) is -0.405. The number of rotatable bonds is 1. The first-order valence-electron chi connectivity index (χ1n) is 4.67. The molecule has 0 aromatic carbocycles. The van der Waals surface area contributed by atoms with E-state index < -0.39 is 6.10 Å². The van der Waals surface area contributed by atoms with E-state index in [1.54, 1.807) is 0 Å². The molecular weight excluding hydrogens is 200 g/mol. The predicted molar refractivity (Wildman–Crippen MR) is 50.8 cm³/mol. The van der Waals surface area contributed by atoms with Gasteiger partial charge in [-0.05, 0) is 6.92 Å². The lowest BCUT2D eigenvalue weighted by molar-refractivity contribution is -0.0937. The van der Waals surface area contributed by atoms with Gasteiger partial charge in [0.15, 0.2) is 0 Å². The van der Waals surface area contributed by atoms with Crippen molar-refractivity contribution in [3.63, 3.8) is 0 Å². The number of nitrogens with zero attached hydrogens (tertiary/aromatic N) is 1. The monoisotopic (exact) mass is 212 g/mol. The van der Waals surface area contributed by atoms with Gasteiger partial charge in [-0.2, -0.15) is 4.98 Å². The number of H-pyrrole nitrogens is 1. The Morgan fingerprint density at radius 2 is 2.33 bits per heavy atom. The molecule has 2 heterocycles. The lowest BCUT2D eigenvalue weighted by atomic mass is 10.3. The van der Waals surface area contributed by atoms with Gasteiger partial charge in [0, 0.05) is 0 Å². The predicted octanol–water partition coefficient (Wildman–Crippen LogP) is -0.128. The summed E-state index contributed by atoms with van der Waals surface area (Å²) in [5.74, 6) is 0.0470. The molecule has 1 aromatic heterocycles. The number of aromatic nitrogens is 2. The van der Waals surface area contributed by atoms with Crippen LogP contribution < -0.4 is 5.56 Å². The smallest absolute Gasteiger partial charge is 0.257 e. The van der Waals surface area contributed by atoms with Gasteiger partial charge in [-0.25, -0.2) is 0 Å². The van der Waals surface area contributed by atoms with E-state index in [1.165, 1.54) is 6.92 Å². The molecule has 1 atom stereocenters. The molecule has 1 fully saturated rings. The average molecular weight is 212 g/mol. The van der Waals surface area contributed by atoms with Gasteiger partial charge < -0.3 is 19.6 Å². The van der Waals surface area contributed by atoms with E-state index in [4.69, 9.17) is 9.47 Å². The number of hydrogen-bond donors (Lipinski definition) is 2. The minimum Gasteiger partial charge on any atom is -0.493 e. The number of ether oxygens (including phenoxy) is 2. The normalized spacial score (nSPS) is 21.5. The van der Waals surface area contributed by atoms with Crippen LogP contribution in [0.5, 0.6) is 5.88 Å². The average Bonchev–Trinajstić information content (AvgIpc) is 2.26. The van der Waals surface area contributed by atoms with Crippen molar-refractivity contribution in [1.29, 1.82) is 0 Å². The minimum atomic E-state index is -0.405. The van der Waals surface area contributed by atoms with Crippen molar-refractivity contribution >= 4 is 0 Å². The number of hydrogen-bond acceptors (Lipinski definition) is 5. The zero-order valence-corrected chi connectivity index (χ0v) is 8.32. The van der Waals surface area contributed by atoms with Crippen molar-refractivity contribution in [2.75, 3.05) is 19.8 Å². The molecule has 2 rings (SSSR count). The molecule has 0 bridgehead atoms. The summed E-state index contributed by atoms with van der Waals surface area (Å²) in [6.45, 7) is 2.84. The summed E-state index contributed by atoms with van der Waals surface area (Å²) < 4.78 is 10.5. The van der Waals surface area contributed by atoms with Crippen LogP contribution in [0.25, 0.3) is 0 Å². The summed E-state index contributed by atoms with van der Waals surface area (Å²) in [5, 5.41) is 9.38. The summed E-state index contributed by atoms with van der Waals surface area (Å²) in [4.78, 5) is 17.8. The lowest BCUT2D eigenvalue weighted by Gasteiger charge is -2.22. The van der Waals surface area contributed by atoms with Gasteiger partial charge in [-0.3, -0.25) is 4.79 Å². The van der Waals surface area contributed by atoms with Crippen LogP contribution >= 0.6 is 0 Å². The summed E-state index contributed by atoms with van der Waals surface area (Å²) in [6, 6.07) is 0. The van der Waals surface area contributed by atoms with Crippen LogP contribution in [0.2, 0.25) is 0 Å². The van der Waals surface area contributed by atoms with Crippen molar-refractivity contribution in [2.45, 2.75) is 13.0 Å². The molecule has 0 aliphatic carbocycles. The molecular formula is C9H12N2O4. The molecule has 1 saturated heterocycles. The van der Waals surface area contributed by atoms with Crippen molar-refractivity contribution in [1.82, 2.24) is 9.97 Å². The largest absolute Gasteiger partial charge is 0.493 e. The van der Waals surface area contributed by atoms with Gasteiger partial charge in [0.1, 0.15) is 11.9 Å². The SMILES string of the molecule is Cc1c(O)nc(C2COCCO2)[nH]c1=O. The Morgan fingerprint density at radius 3 is 2.93 bits per heavy atom. The molecule has 1 unspecified atom stereocenters. The van der Waals surface area contributed by atoms with Gasteiger partial charge in [0.05, 0.1) is 25.4 Å². The Labute approximate surface area is 85.9 Å². The van der Waals surface area contributed by atoms with Crippen LogP contribution in [0.3, 0.4) is 0 Å². The third-order valence-corrected chi connectivity index (χ3v) is 2.26. The molecule has 1 aliphatic heterocycles. The first-order chi connectivity index (χ1) is 7.18. The van der Waals surface area contributed by atoms with Crippen molar-refractivity contribution in [3.8, 4) is 5.88 Å². The topological polar surface area (TPSA) is 84.4 Å². The van der Waals surface area contributed by atoms with Crippen LogP contribution in [-0.2, 0) is 9.47 Å². The second-order valence-corrected chi connectivity index (χ2v) is 3.33. The van der Waals surface area contributed by atoms with Gasteiger partial charge in [-0.15, -0.1) is 0 Å². The summed E-state index contributed by atoms with van der Waals surface area (Å²) >= 11 is 0. The van der Waals surface area contributed by atoms with E-state index >= 15 is 0 Å². The van der Waals surface area contributed by atoms with Crippen molar-refractivity contribution < 1.29 is 14.6 Å². The Hall–Kier alpha value is -1.40. The molecule has 6 heteroatoms. The third-order valence-electron chi connectivity index (χ3n) is 2.26. The zero-order valence-electron chi connectivity index (χ0n) is 8.32. The molecule has 82 valence electrons. The first-order valence-corrected chi connectivity index (χ1v) is 4.67. The summed E-state index contributed by atoms with van der Waals surface area (Å²) in [7, 11) is 0. The van der Waals surface area contributed by atoms with Crippen LogP contribution in [0.15, 0.2) is 4.79 Å². The fourth-order valence-corrected chi connectivity index (χ4v) is 1.34. The van der Waals surface area contributed by atoms with E-state index in [1.807, 2.05) is 0 Å².